The standard InChI is InChI=1S/C18H29NO3S/c1-14-10-11-16(22-17(14)20)13-19(23(21)18(2,3)4)12-15-8-6-5-7-9-15/h5-9,14,16-17,20H,10-13H2,1-4H3/t14?,16-,17?,23?/m0/s1. The van der Waals surface area contributed by atoms with Gasteiger partial charge in [0, 0.05) is 17.3 Å². The molecule has 130 valence electrons. The SMILES string of the molecule is CC1CC[C@@H](CN(Cc2ccccc2)[S+]([O-])C(C)(C)C)OC1O. The van der Waals surface area contributed by atoms with Crippen LogP contribution in [-0.4, -0.2) is 37.7 Å². The number of nitrogens with zero attached hydrogens (tertiary/aromatic N) is 1. The molecule has 0 bridgehead atoms. The van der Waals surface area contributed by atoms with Crippen molar-refractivity contribution in [2.75, 3.05) is 6.54 Å². The Morgan fingerprint density at radius 1 is 1.26 bits per heavy atom. The lowest BCUT2D eigenvalue weighted by Crippen LogP contribution is -2.48. The van der Waals surface area contributed by atoms with Crippen molar-refractivity contribution in [2.24, 2.45) is 5.92 Å². The van der Waals surface area contributed by atoms with Crippen LogP contribution in [0.3, 0.4) is 0 Å². The third-order valence-corrected chi connectivity index (χ3v) is 5.92. The van der Waals surface area contributed by atoms with Crippen LogP contribution in [0.4, 0.5) is 0 Å². The predicted molar refractivity (Wildman–Crippen MR) is 94.0 cm³/mol. The summed E-state index contributed by atoms with van der Waals surface area (Å²) in [6.45, 7) is 9.15. The summed E-state index contributed by atoms with van der Waals surface area (Å²) in [5.41, 5.74) is 1.13. The number of aliphatic hydroxyl groups is 1. The van der Waals surface area contributed by atoms with Gasteiger partial charge in [-0.25, -0.2) is 0 Å². The highest BCUT2D eigenvalue weighted by Gasteiger charge is 2.36. The molecule has 4 nitrogen and oxygen atoms in total. The van der Waals surface area contributed by atoms with Crippen LogP contribution in [-0.2, 0) is 22.6 Å². The van der Waals surface area contributed by atoms with Crippen molar-refractivity contribution in [3.63, 3.8) is 0 Å². The molecular formula is C18H29NO3S. The van der Waals surface area contributed by atoms with Crippen LogP contribution in [0.1, 0.15) is 46.1 Å². The quantitative estimate of drug-likeness (QED) is 0.838. The fourth-order valence-electron chi connectivity index (χ4n) is 2.72. The first-order chi connectivity index (χ1) is 10.8. The Morgan fingerprint density at radius 2 is 1.91 bits per heavy atom. The molecule has 23 heavy (non-hydrogen) atoms. The van der Waals surface area contributed by atoms with E-state index in [1.165, 1.54) is 0 Å². The molecule has 0 amide bonds. The highest BCUT2D eigenvalue weighted by molar-refractivity contribution is 7.90. The van der Waals surface area contributed by atoms with Gasteiger partial charge in [-0.3, -0.25) is 0 Å². The lowest BCUT2D eigenvalue weighted by Gasteiger charge is -2.37. The molecule has 1 aromatic carbocycles. The van der Waals surface area contributed by atoms with Crippen molar-refractivity contribution in [1.82, 2.24) is 4.31 Å². The molecular weight excluding hydrogens is 310 g/mol. The molecule has 0 aromatic heterocycles. The highest BCUT2D eigenvalue weighted by Crippen LogP contribution is 2.27. The second-order valence-electron chi connectivity index (χ2n) is 7.37. The Kier molecular flexibility index (Phi) is 6.51. The maximum absolute atomic E-state index is 12.9. The predicted octanol–water partition coefficient (Wildman–Crippen LogP) is 3.08. The lowest BCUT2D eigenvalue weighted by molar-refractivity contribution is -0.190. The molecule has 2 rings (SSSR count). The van der Waals surface area contributed by atoms with Gasteiger partial charge >= 0.3 is 0 Å². The van der Waals surface area contributed by atoms with Gasteiger partial charge in [-0.1, -0.05) is 37.3 Å². The van der Waals surface area contributed by atoms with E-state index in [1.54, 1.807) is 0 Å². The van der Waals surface area contributed by atoms with Crippen LogP contribution >= 0.6 is 0 Å². The smallest absolute Gasteiger partial charge is 0.157 e. The maximum atomic E-state index is 12.9. The van der Waals surface area contributed by atoms with Gasteiger partial charge in [-0.2, -0.15) is 0 Å². The Labute approximate surface area is 143 Å². The number of aliphatic hydroxyl groups excluding tert-OH is 1. The Balaban J connectivity index is 2.07. The summed E-state index contributed by atoms with van der Waals surface area (Å²) in [5, 5.41) is 9.93. The zero-order valence-corrected chi connectivity index (χ0v) is 15.4. The van der Waals surface area contributed by atoms with Crippen molar-refractivity contribution in [1.29, 1.82) is 0 Å². The summed E-state index contributed by atoms with van der Waals surface area (Å²) < 4.78 is 20.3. The van der Waals surface area contributed by atoms with E-state index >= 15 is 0 Å². The molecule has 3 unspecified atom stereocenters. The second-order valence-corrected chi connectivity index (χ2v) is 9.61. The van der Waals surface area contributed by atoms with Crippen LogP contribution in [0.15, 0.2) is 30.3 Å². The number of ether oxygens (including phenoxy) is 1. The Hall–Kier alpha value is -0.590. The Morgan fingerprint density at radius 3 is 2.48 bits per heavy atom. The summed E-state index contributed by atoms with van der Waals surface area (Å²) in [4.78, 5) is 0. The van der Waals surface area contributed by atoms with E-state index in [4.69, 9.17) is 4.74 Å². The van der Waals surface area contributed by atoms with Crippen molar-refractivity contribution in [3.8, 4) is 0 Å². The van der Waals surface area contributed by atoms with Gasteiger partial charge in [0.15, 0.2) is 6.29 Å². The minimum atomic E-state index is -1.13. The highest BCUT2D eigenvalue weighted by atomic mass is 32.2. The molecule has 4 atom stereocenters. The zero-order chi connectivity index (χ0) is 17.0. The molecule has 0 radical (unpaired) electrons. The van der Waals surface area contributed by atoms with Gasteiger partial charge in [0.2, 0.25) is 0 Å². The minimum Gasteiger partial charge on any atom is -0.597 e. The molecule has 5 heteroatoms. The summed E-state index contributed by atoms with van der Waals surface area (Å²) >= 11 is -1.13. The summed E-state index contributed by atoms with van der Waals surface area (Å²) in [5.74, 6) is 0.168. The van der Waals surface area contributed by atoms with Crippen LogP contribution in [0.5, 0.6) is 0 Å². The van der Waals surface area contributed by atoms with Crippen molar-refractivity contribution < 1.29 is 14.4 Å². The molecule has 1 heterocycles. The van der Waals surface area contributed by atoms with Crippen LogP contribution in [0, 0.1) is 5.92 Å². The largest absolute Gasteiger partial charge is 0.597 e. The average Bonchev–Trinajstić information content (AvgIpc) is 2.49. The van der Waals surface area contributed by atoms with Gasteiger partial charge in [0.05, 0.1) is 19.2 Å². The summed E-state index contributed by atoms with van der Waals surface area (Å²) in [6, 6.07) is 10.1. The lowest BCUT2D eigenvalue weighted by atomic mass is 9.99. The first-order valence-electron chi connectivity index (χ1n) is 8.32. The maximum Gasteiger partial charge on any atom is 0.157 e. The van der Waals surface area contributed by atoms with Gasteiger partial charge in [0.1, 0.15) is 4.75 Å². The van der Waals surface area contributed by atoms with Crippen LogP contribution < -0.4 is 0 Å². The molecule has 1 fully saturated rings. The fraction of sp³-hybridized carbons (Fsp3) is 0.667. The molecule has 1 saturated heterocycles. The van der Waals surface area contributed by atoms with Crippen molar-refractivity contribution >= 4 is 11.4 Å². The number of hydrogen-bond donors (Lipinski definition) is 1. The monoisotopic (exact) mass is 339 g/mol. The summed E-state index contributed by atoms with van der Waals surface area (Å²) in [7, 11) is 0. The van der Waals surface area contributed by atoms with Gasteiger partial charge < -0.3 is 14.4 Å². The topological polar surface area (TPSA) is 55.8 Å². The number of benzene rings is 1. The van der Waals surface area contributed by atoms with Gasteiger partial charge in [0.25, 0.3) is 0 Å². The first-order valence-corrected chi connectivity index (χ1v) is 9.42. The average molecular weight is 340 g/mol. The molecule has 0 saturated carbocycles. The normalized spacial score (nSPS) is 27.2. The third-order valence-electron chi connectivity index (χ3n) is 4.13. The number of hydrogen-bond acceptors (Lipinski definition) is 4. The van der Waals surface area contributed by atoms with E-state index in [9.17, 15) is 9.66 Å². The van der Waals surface area contributed by atoms with Gasteiger partial charge in [-0.05, 0) is 39.2 Å². The van der Waals surface area contributed by atoms with E-state index in [1.807, 2.05) is 62.3 Å². The second kappa shape index (κ2) is 7.99. The van der Waals surface area contributed by atoms with Crippen molar-refractivity contribution in [2.45, 2.75) is 64.2 Å². The molecule has 0 spiro atoms. The summed E-state index contributed by atoms with van der Waals surface area (Å²) in [6.07, 6.45) is 1.05. The minimum absolute atomic E-state index is 0.0730. The van der Waals surface area contributed by atoms with E-state index in [0.29, 0.717) is 13.1 Å². The Bertz CT molecular complexity index is 477. The first kappa shape index (κ1) is 18.7. The molecule has 0 aliphatic carbocycles. The van der Waals surface area contributed by atoms with E-state index in [0.717, 1.165) is 18.4 Å². The van der Waals surface area contributed by atoms with Gasteiger partial charge in [-0.15, -0.1) is 4.31 Å². The fourth-order valence-corrected chi connectivity index (χ4v) is 4.06. The van der Waals surface area contributed by atoms with E-state index in [2.05, 4.69) is 0 Å². The molecule has 1 aliphatic rings. The number of rotatable bonds is 5. The molecule has 1 aliphatic heterocycles. The molecule has 1 N–H and O–H groups in total. The molecule has 1 aromatic rings. The van der Waals surface area contributed by atoms with E-state index in [-0.39, 0.29) is 16.8 Å². The zero-order valence-electron chi connectivity index (χ0n) is 14.6. The van der Waals surface area contributed by atoms with Crippen molar-refractivity contribution in [3.05, 3.63) is 35.9 Å². The van der Waals surface area contributed by atoms with E-state index < -0.39 is 17.7 Å². The third kappa shape index (κ3) is 5.47. The van der Waals surface area contributed by atoms with Crippen LogP contribution in [0.2, 0.25) is 0 Å². The van der Waals surface area contributed by atoms with Crippen LogP contribution in [0.25, 0.3) is 0 Å².